The number of benzene rings is 2. The van der Waals surface area contributed by atoms with E-state index >= 15 is 0 Å². The normalized spacial score (nSPS) is 10.6. The molecule has 0 saturated heterocycles. The smallest absolute Gasteiger partial charge is 0.176 e. The molecule has 0 atom stereocenters. The van der Waals surface area contributed by atoms with Crippen LogP contribution in [0.15, 0.2) is 53.1 Å². The molecule has 1 heterocycles. The van der Waals surface area contributed by atoms with Crippen molar-refractivity contribution in [1.82, 2.24) is 5.16 Å². The first-order chi connectivity index (χ1) is 10.2. The molecule has 0 aliphatic rings. The summed E-state index contributed by atoms with van der Waals surface area (Å²) in [4.78, 5) is 0. The zero-order valence-electron chi connectivity index (χ0n) is 12.0. The summed E-state index contributed by atoms with van der Waals surface area (Å²) in [6.45, 7) is 2.04. The zero-order valence-corrected chi connectivity index (χ0v) is 12.0. The molecule has 0 spiro atoms. The molecule has 3 aromatic rings. The molecule has 1 aromatic heterocycles. The molecule has 0 amide bonds. The van der Waals surface area contributed by atoms with Crippen LogP contribution in [0.25, 0.3) is 22.5 Å². The Bertz CT molecular complexity index is 743. The van der Waals surface area contributed by atoms with Gasteiger partial charge in [0.15, 0.2) is 11.6 Å². The Hall–Kier alpha value is -2.75. The fourth-order valence-electron chi connectivity index (χ4n) is 2.24. The second-order valence-corrected chi connectivity index (χ2v) is 4.87. The van der Waals surface area contributed by atoms with Crippen LogP contribution in [0, 0.1) is 6.92 Å². The van der Waals surface area contributed by atoms with Crippen LogP contribution in [0.5, 0.6) is 5.75 Å². The predicted octanol–water partition coefficient (Wildman–Crippen LogP) is 3.91. The predicted molar refractivity (Wildman–Crippen MR) is 83.1 cm³/mol. The van der Waals surface area contributed by atoms with Gasteiger partial charge in [0.2, 0.25) is 0 Å². The van der Waals surface area contributed by atoms with Crippen molar-refractivity contribution in [2.45, 2.75) is 6.92 Å². The minimum atomic E-state index is 0.385. The summed E-state index contributed by atoms with van der Waals surface area (Å²) in [6, 6.07) is 15.7. The molecule has 4 heteroatoms. The third-order valence-electron chi connectivity index (χ3n) is 3.41. The molecule has 21 heavy (non-hydrogen) atoms. The number of aryl methyl sites for hydroxylation is 1. The molecule has 0 saturated carbocycles. The van der Waals surface area contributed by atoms with Crippen molar-refractivity contribution in [2.24, 2.45) is 0 Å². The Labute approximate surface area is 123 Å². The Morgan fingerprint density at radius 3 is 2.19 bits per heavy atom. The monoisotopic (exact) mass is 280 g/mol. The topological polar surface area (TPSA) is 61.3 Å². The van der Waals surface area contributed by atoms with Crippen molar-refractivity contribution in [2.75, 3.05) is 12.8 Å². The van der Waals surface area contributed by atoms with E-state index in [0.29, 0.717) is 11.6 Å². The first-order valence-electron chi connectivity index (χ1n) is 6.65. The highest BCUT2D eigenvalue weighted by atomic mass is 16.5. The third-order valence-corrected chi connectivity index (χ3v) is 3.41. The SMILES string of the molecule is COc1ccc(-c2c(N)noc2-c2ccc(C)cc2)cc1. The minimum absolute atomic E-state index is 0.385. The Balaban J connectivity index is 2.09. The second kappa shape index (κ2) is 5.32. The van der Waals surface area contributed by atoms with Gasteiger partial charge in [0.1, 0.15) is 5.75 Å². The molecule has 4 nitrogen and oxygen atoms in total. The number of hydrogen-bond donors (Lipinski definition) is 1. The number of rotatable bonds is 3. The summed E-state index contributed by atoms with van der Waals surface area (Å²) < 4.78 is 10.6. The second-order valence-electron chi connectivity index (χ2n) is 4.87. The van der Waals surface area contributed by atoms with E-state index in [1.54, 1.807) is 7.11 Å². The van der Waals surface area contributed by atoms with Gasteiger partial charge in [-0.3, -0.25) is 0 Å². The van der Waals surface area contributed by atoms with Crippen molar-refractivity contribution in [3.63, 3.8) is 0 Å². The summed E-state index contributed by atoms with van der Waals surface area (Å²) >= 11 is 0. The van der Waals surface area contributed by atoms with Gasteiger partial charge in [0, 0.05) is 5.56 Å². The minimum Gasteiger partial charge on any atom is -0.497 e. The first kappa shape index (κ1) is 13.2. The third kappa shape index (κ3) is 2.48. The number of nitrogens with zero attached hydrogens (tertiary/aromatic N) is 1. The summed E-state index contributed by atoms with van der Waals surface area (Å²) in [5.74, 6) is 1.86. The molecule has 3 rings (SSSR count). The average molecular weight is 280 g/mol. The molecule has 0 bridgehead atoms. The van der Waals surface area contributed by atoms with Crippen molar-refractivity contribution in [3.8, 4) is 28.2 Å². The maximum absolute atomic E-state index is 5.98. The van der Waals surface area contributed by atoms with E-state index in [4.69, 9.17) is 15.0 Å². The van der Waals surface area contributed by atoms with Gasteiger partial charge < -0.3 is 15.0 Å². The summed E-state index contributed by atoms with van der Waals surface area (Å²) in [6.07, 6.45) is 0. The fraction of sp³-hybridized carbons (Fsp3) is 0.118. The van der Waals surface area contributed by atoms with Gasteiger partial charge in [-0.2, -0.15) is 0 Å². The lowest BCUT2D eigenvalue weighted by atomic mass is 10.0. The quantitative estimate of drug-likeness (QED) is 0.790. The van der Waals surface area contributed by atoms with E-state index in [2.05, 4.69) is 5.16 Å². The van der Waals surface area contributed by atoms with Gasteiger partial charge in [-0.25, -0.2) is 0 Å². The van der Waals surface area contributed by atoms with E-state index in [9.17, 15) is 0 Å². The van der Waals surface area contributed by atoms with Gasteiger partial charge in [-0.05, 0) is 24.6 Å². The molecular weight excluding hydrogens is 264 g/mol. The molecular formula is C17H16N2O2. The lowest BCUT2D eigenvalue weighted by molar-refractivity contribution is 0.415. The lowest BCUT2D eigenvalue weighted by Crippen LogP contribution is -1.89. The molecule has 0 radical (unpaired) electrons. The van der Waals surface area contributed by atoms with E-state index < -0.39 is 0 Å². The summed E-state index contributed by atoms with van der Waals surface area (Å²) in [5.41, 5.74) is 9.88. The van der Waals surface area contributed by atoms with E-state index in [1.807, 2.05) is 55.5 Å². The van der Waals surface area contributed by atoms with Gasteiger partial charge in [-0.1, -0.05) is 47.1 Å². The van der Waals surface area contributed by atoms with Gasteiger partial charge >= 0.3 is 0 Å². The highest BCUT2D eigenvalue weighted by Crippen LogP contribution is 2.37. The molecule has 2 N–H and O–H groups in total. The Kier molecular flexibility index (Phi) is 3.36. The van der Waals surface area contributed by atoms with Crippen molar-refractivity contribution in [3.05, 3.63) is 54.1 Å². The van der Waals surface area contributed by atoms with Gasteiger partial charge in [0.25, 0.3) is 0 Å². The number of ether oxygens (including phenoxy) is 1. The van der Waals surface area contributed by atoms with E-state index in [-0.39, 0.29) is 0 Å². The van der Waals surface area contributed by atoms with E-state index in [1.165, 1.54) is 5.56 Å². The number of aromatic nitrogens is 1. The van der Waals surface area contributed by atoms with Crippen LogP contribution in [0.1, 0.15) is 5.56 Å². The average Bonchev–Trinajstić information content (AvgIpc) is 2.90. The lowest BCUT2D eigenvalue weighted by Gasteiger charge is -2.05. The number of hydrogen-bond acceptors (Lipinski definition) is 4. The summed E-state index contributed by atoms with van der Waals surface area (Å²) in [7, 11) is 1.64. The van der Waals surface area contributed by atoms with Crippen molar-refractivity contribution < 1.29 is 9.26 Å². The van der Waals surface area contributed by atoms with Crippen LogP contribution < -0.4 is 10.5 Å². The van der Waals surface area contributed by atoms with Crippen LogP contribution in [0.2, 0.25) is 0 Å². The fourth-order valence-corrected chi connectivity index (χ4v) is 2.24. The van der Waals surface area contributed by atoms with Gasteiger partial charge in [0.05, 0.1) is 12.7 Å². The molecule has 106 valence electrons. The van der Waals surface area contributed by atoms with Crippen molar-refractivity contribution in [1.29, 1.82) is 0 Å². The van der Waals surface area contributed by atoms with E-state index in [0.717, 1.165) is 22.4 Å². The van der Waals surface area contributed by atoms with Gasteiger partial charge in [-0.15, -0.1) is 0 Å². The molecule has 0 unspecified atom stereocenters. The highest BCUT2D eigenvalue weighted by molar-refractivity contribution is 5.86. The largest absolute Gasteiger partial charge is 0.497 e. The first-order valence-corrected chi connectivity index (χ1v) is 6.65. The number of methoxy groups -OCH3 is 1. The van der Waals surface area contributed by atoms with Crippen LogP contribution in [-0.2, 0) is 0 Å². The van der Waals surface area contributed by atoms with Crippen LogP contribution >= 0.6 is 0 Å². The molecule has 0 fully saturated rings. The van der Waals surface area contributed by atoms with Crippen LogP contribution in [0.3, 0.4) is 0 Å². The number of nitrogen functional groups attached to an aromatic ring is 1. The van der Waals surface area contributed by atoms with Crippen LogP contribution in [-0.4, -0.2) is 12.3 Å². The van der Waals surface area contributed by atoms with Crippen molar-refractivity contribution >= 4 is 5.82 Å². The molecule has 0 aliphatic carbocycles. The Morgan fingerprint density at radius 1 is 0.952 bits per heavy atom. The number of nitrogens with two attached hydrogens (primary N) is 1. The molecule has 0 aliphatic heterocycles. The maximum atomic E-state index is 5.98. The Morgan fingerprint density at radius 2 is 1.57 bits per heavy atom. The highest BCUT2D eigenvalue weighted by Gasteiger charge is 2.17. The number of anilines is 1. The van der Waals surface area contributed by atoms with Crippen LogP contribution in [0.4, 0.5) is 5.82 Å². The summed E-state index contributed by atoms with van der Waals surface area (Å²) in [5, 5.41) is 3.91. The zero-order chi connectivity index (χ0) is 14.8. The maximum Gasteiger partial charge on any atom is 0.176 e. The molecule has 2 aromatic carbocycles. The standard InChI is InChI=1S/C17H16N2O2/c1-11-3-5-13(6-4-11)16-15(17(18)19-21-16)12-7-9-14(20-2)10-8-12/h3-10H,1-2H3,(H2,18,19).